The van der Waals surface area contributed by atoms with Crippen LogP contribution in [0.1, 0.15) is 5.69 Å². The van der Waals surface area contributed by atoms with Crippen molar-refractivity contribution >= 4 is 27.5 Å². The largest absolute Gasteiger partial charge is 0.423 e. The molecule has 0 radical (unpaired) electrons. The Kier molecular flexibility index (Phi) is 3.57. The van der Waals surface area contributed by atoms with Gasteiger partial charge >= 0.3 is 6.01 Å². The van der Waals surface area contributed by atoms with E-state index in [4.69, 9.17) is 21.6 Å². The van der Waals surface area contributed by atoms with E-state index in [2.05, 4.69) is 25.9 Å². The van der Waals surface area contributed by atoms with Gasteiger partial charge in [0.05, 0.1) is 5.02 Å². The normalized spacial score (nSPS) is 9.71. The highest BCUT2D eigenvalue weighted by molar-refractivity contribution is 9.10. The minimum absolute atomic E-state index is 0.0871. The van der Waals surface area contributed by atoms with Crippen LogP contribution in [0.25, 0.3) is 0 Å². The number of halogens is 2. The highest BCUT2D eigenvalue weighted by atomic mass is 79.9. The van der Waals surface area contributed by atoms with E-state index < -0.39 is 0 Å². The minimum atomic E-state index is 0.0871. The molecule has 2 rings (SSSR count). The molecule has 2 aromatic rings. The molecule has 1 heterocycles. The van der Waals surface area contributed by atoms with Gasteiger partial charge in [0.15, 0.2) is 5.75 Å². The van der Waals surface area contributed by atoms with Gasteiger partial charge in [-0.05, 0) is 24.3 Å². The Labute approximate surface area is 111 Å². The van der Waals surface area contributed by atoms with E-state index in [1.807, 2.05) is 6.07 Å². The molecule has 0 amide bonds. The third-order valence-electron chi connectivity index (χ3n) is 1.84. The maximum Gasteiger partial charge on any atom is 0.323 e. The minimum Gasteiger partial charge on any atom is -0.423 e. The second kappa shape index (κ2) is 5.13. The van der Waals surface area contributed by atoms with E-state index in [0.29, 0.717) is 10.8 Å². The molecule has 0 spiro atoms. The Bertz CT molecular complexity index is 598. The Balaban J connectivity index is 2.31. The summed E-state index contributed by atoms with van der Waals surface area (Å²) in [5.41, 5.74) is 0.237. The first-order chi connectivity index (χ1) is 8.19. The van der Waals surface area contributed by atoms with Crippen LogP contribution < -0.4 is 4.74 Å². The fourth-order valence-corrected chi connectivity index (χ4v) is 1.60. The number of aromatic nitrogens is 2. The van der Waals surface area contributed by atoms with Gasteiger partial charge in [0.2, 0.25) is 0 Å². The molecular formula is C11H5BrClN3O. The van der Waals surface area contributed by atoms with Crippen LogP contribution in [0.2, 0.25) is 5.02 Å². The number of nitrogens with zero attached hydrogens (tertiary/aromatic N) is 3. The number of rotatable bonds is 2. The highest BCUT2D eigenvalue weighted by Crippen LogP contribution is 2.30. The summed E-state index contributed by atoms with van der Waals surface area (Å²) in [6.45, 7) is 0. The number of benzene rings is 1. The Morgan fingerprint density at radius 2 is 2.18 bits per heavy atom. The maximum atomic E-state index is 8.70. The topological polar surface area (TPSA) is 58.8 Å². The van der Waals surface area contributed by atoms with Gasteiger partial charge in [-0.25, -0.2) is 4.98 Å². The predicted molar refractivity (Wildman–Crippen MR) is 66.0 cm³/mol. The van der Waals surface area contributed by atoms with Crippen LogP contribution in [-0.4, -0.2) is 9.97 Å². The van der Waals surface area contributed by atoms with E-state index in [1.54, 1.807) is 18.2 Å². The number of hydrogen-bond donors (Lipinski definition) is 0. The lowest BCUT2D eigenvalue weighted by atomic mass is 10.3. The van der Waals surface area contributed by atoms with Crippen molar-refractivity contribution in [1.82, 2.24) is 9.97 Å². The molecule has 0 unspecified atom stereocenters. The van der Waals surface area contributed by atoms with Crippen molar-refractivity contribution in [2.75, 3.05) is 0 Å². The molecule has 4 nitrogen and oxygen atoms in total. The maximum absolute atomic E-state index is 8.70. The van der Waals surface area contributed by atoms with Crippen LogP contribution in [0.15, 0.2) is 34.9 Å². The van der Waals surface area contributed by atoms with Crippen LogP contribution in [0.3, 0.4) is 0 Å². The van der Waals surface area contributed by atoms with Crippen LogP contribution in [0.4, 0.5) is 0 Å². The average Bonchev–Trinajstić information content (AvgIpc) is 2.34. The second-order valence-electron chi connectivity index (χ2n) is 3.01. The van der Waals surface area contributed by atoms with Crippen molar-refractivity contribution < 1.29 is 4.74 Å². The van der Waals surface area contributed by atoms with Gasteiger partial charge in [0.1, 0.15) is 11.8 Å². The fourth-order valence-electron chi connectivity index (χ4n) is 1.11. The van der Waals surface area contributed by atoms with Crippen molar-refractivity contribution in [3.63, 3.8) is 0 Å². The number of ether oxygens (including phenoxy) is 1. The van der Waals surface area contributed by atoms with Crippen LogP contribution >= 0.6 is 27.5 Å². The first-order valence-electron chi connectivity index (χ1n) is 4.55. The zero-order valence-corrected chi connectivity index (χ0v) is 10.7. The lowest BCUT2D eigenvalue weighted by Crippen LogP contribution is -1.93. The first-order valence-corrected chi connectivity index (χ1v) is 5.72. The molecule has 0 atom stereocenters. The average molecular weight is 311 g/mol. The van der Waals surface area contributed by atoms with Gasteiger partial charge in [0, 0.05) is 10.7 Å². The molecule has 0 fully saturated rings. The Morgan fingerprint density at radius 1 is 1.35 bits per heavy atom. The molecule has 17 heavy (non-hydrogen) atoms. The molecule has 0 saturated heterocycles. The van der Waals surface area contributed by atoms with Crippen LogP contribution in [0.5, 0.6) is 11.8 Å². The third-order valence-corrected chi connectivity index (χ3v) is 2.65. The van der Waals surface area contributed by atoms with Crippen molar-refractivity contribution in [2.24, 2.45) is 0 Å². The lowest BCUT2D eigenvalue weighted by Gasteiger charge is -2.05. The molecule has 0 N–H and O–H groups in total. The molecular weight excluding hydrogens is 305 g/mol. The van der Waals surface area contributed by atoms with E-state index in [-0.39, 0.29) is 11.7 Å². The number of hydrogen-bond acceptors (Lipinski definition) is 4. The van der Waals surface area contributed by atoms with E-state index in [0.717, 1.165) is 4.47 Å². The summed E-state index contributed by atoms with van der Waals surface area (Å²) in [6, 6.07) is 8.67. The highest BCUT2D eigenvalue weighted by Gasteiger charge is 2.06. The fraction of sp³-hybridized carbons (Fsp3) is 0. The summed E-state index contributed by atoms with van der Waals surface area (Å²) in [5.74, 6) is 0.427. The van der Waals surface area contributed by atoms with Gasteiger partial charge in [-0.3, -0.25) is 0 Å². The monoisotopic (exact) mass is 309 g/mol. The van der Waals surface area contributed by atoms with Gasteiger partial charge in [-0.1, -0.05) is 27.5 Å². The van der Waals surface area contributed by atoms with E-state index >= 15 is 0 Å². The SMILES string of the molecule is N#Cc1ccnc(Oc2cc(Br)ccc2Cl)n1. The van der Waals surface area contributed by atoms with Gasteiger partial charge in [-0.15, -0.1) is 0 Å². The summed E-state index contributed by atoms with van der Waals surface area (Å²) in [7, 11) is 0. The van der Waals surface area contributed by atoms with E-state index in [1.165, 1.54) is 12.3 Å². The Morgan fingerprint density at radius 3 is 2.94 bits per heavy atom. The molecule has 0 bridgehead atoms. The molecule has 0 aliphatic heterocycles. The summed E-state index contributed by atoms with van der Waals surface area (Å²) in [6.07, 6.45) is 1.45. The smallest absolute Gasteiger partial charge is 0.323 e. The first kappa shape index (κ1) is 11.8. The summed E-state index contributed by atoms with van der Waals surface area (Å²) < 4.78 is 6.22. The number of nitriles is 1. The molecule has 0 saturated carbocycles. The summed E-state index contributed by atoms with van der Waals surface area (Å²) in [4.78, 5) is 7.78. The van der Waals surface area contributed by atoms with Crippen molar-refractivity contribution in [3.8, 4) is 17.8 Å². The molecule has 0 aliphatic rings. The molecule has 0 aliphatic carbocycles. The van der Waals surface area contributed by atoms with Crippen molar-refractivity contribution in [3.05, 3.63) is 45.7 Å². The van der Waals surface area contributed by atoms with Crippen molar-refractivity contribution in [1.29, 1.82) is 5.26 Å². The zero-order valence-electron chi connectivity index (χ0n) is 8.39. The quantitative estimate of drug-likeness (QED) is 0.851. The molecule has 1 aromatic carbocycles. The second-order valence-corrected chi connectivity index (χ2v) is 4.34. The Hall–Kier alpha value is -1.64. The molecule has 6 heteroatoms. The van der Waals surface area contributed by atoms with E-state index in [9.17, 15) is 0 Å². The van der Waals surface area contributed by atoms with Crippen LogP contribution in [0, 0.1) is 11.3 Å². The van der Waals surface area contributed by atoms with Gasteiger partial charge < -0.3 is 4.74 Å². The zero-order chi connectivity index (χ0) is 12.3. The third kappa shape index (κ3) is 2.93. The van der Waals surface area contributed by atoms with Gasteiger partial charge in [0.25, 0.3) is 0 Å². The summed E-state index contributed by atoms with van der Waals surface area (Å²) >= 11 is 9.26. The molecule has 84 valence electrons. The van der Waals surface area contributed by atoms with Gasteiger partial charge in [-0.2, -0.15) is 10.2 Å². The molecule has 1 aromatic heterocycles. The van der Waals surface area contributed by atoms with Crippen molar-refractivity contribution in [2.45, 2.75) is 0 Å². The predicted octanol–water partition coefficient (Wildman–Crippen LogP) is 3.56. The lowest BCUT2D eigenvalue weighted by molar-refractivity contribution is 0.441. The summed E-state index contributed by atoms with van der Waals surface area (Å²) in [5, 5.41) is 9.14. The standard InChI is InChI=1S/C11H5BrClN3O/c12-7-1-2-9(13)10(5-7)17-11-15-4-3-8(6-14)16-11/h1-5H. The van der Waals surface area contributed by atoms with Crippen LogP contribution in [-0.2, 0) is 0 Å².